The molecule has 0 aromatic rings. The minimum atomic E-state index is -1.59. The van der Waals surface area contributed by atoms with Crippen molar-refractivity contribution in [2.24, 2.45) is 0 Å². The van der Waals surface area contributed by atoms with Crippen LogP contribution in [0.5, 0.6) is 0 Å². The molecular weight excluding hydrogens is 197 g/mol. The molecule has 0 radical (unpaired) electrons. The average Bonchev–Trinajstić information content (AvgIpc) is 2.10. The quantitative estimate of drug-likeness (QED) is 0.421. The van der Waals surface area contributed by atoms with E-state index in [-0.39, 0.29) is 6.54 Å². The van der Waals surface area contributed by atoms with Crippen molar-refractivity contribution < 1.29 is 29.3 Å². The monoisotopic (exact) mass is 209 g/mol. The summed E-state index contributed by atoms with van der Waals surface area (Å²) in [4.78, 5) is 20.6. The molecule has 0 aliphatic carbocycles. The maximum absolute atomic E-state index is 12.4. The van der Waals surface area contributed by atoms with Crippen molar-refractivity contribution in [3.63, 3.8) is 0 Å². The third kappa shape index (κ3) is 5.44. The molecule has 0 saturated heterocycles. The van der Waals surface area contributed by atoms with Gasteiger partial charge in [0.25, 0.3) is 0 Å². The van der Waals surface area contributed by atoms with E-state index in [1.54, 1.807) is 0 Å². The topological polar surface area (TPSA) is 107 Å². The van der Waals surface area contributed by atoms with E-state index in [2.05, 4.69) is 5.32 Å². The molecule has 0 heterocycles. The lowest BCUT2D eigenvalue weighted by Crippen LogP contribution is -2.42. The second-order valence-electron chi connectivity index (χ2n) is 2.68. The molecule has 0 fully saturated rings. The van der Waals surface area contributed by atoms with Gasteiger partial charge in [-0.25, -0.2) is 4.39 Å². The number of hydrogen-bond acceptors (Lipinski definition) is 4. The minimum absolute atomic E-state index is 0.388. The van der Waals surface area contributed by atoms with Crippen molar-refractivity contribution >= 4 is 11.9 Å². The van der Waals surface area contributed by atoms with Gasteiger partial charge in [0.15, 0.2) is 0 Å². The highest BCUT2D eigenvalue weighted by molar-refractivity contribution is 5.80. The van der Waals surface area contributed by atoms with Crippen molar-refractivity contribution in [3.8, 4) is 0 Å². The van der Waals surface area contributed by atoms with Gasteiger partial charge in [0.2, 0.25) is 0 Å². The Kier molecular flexibility index (Phi) is 5.73. The van der Waals surface area contributed by atoms with E-state index in [4.69, 9.17) is 15.3 Å². The molecule has 0 saturated carbocycles. The fourth-order valence-corrected chi connectivity index (χ4v) is 0.756. The molecule has 0 aliphatic rings. The normalized spacial score (nSPS) is 14.7. The van der Waals surface area contributed by atoms with Gasteiger partial charge in [-0.15, -0.1) is 0 Å². The van der Waals surface area contributed by atoms with Crippen molar-refractivity contribution in [3.05, 3.63) is 0 Å². The smallest absolute Gasteiger partial charge is 0.321 e. The zero-order valence-corrected chi connectivity index (χ0v) is 7.31. The van der Waals surface area contributed by atoms with Crippen LogP contribution in [0.3, 0.4) is 0 Å². The van der Waals surface area contributed by atoms with Gasteiger partial charge in [0.1, 0.15) is 12.2 Å². The number of nitrogens with one attached hydrogen (secondary N) is 1. The van der Waals surface area contributed by atoms with Crippen molar-refractivity contribution in [2.45, 2.75) is 18.6 Å². The summed E-state index contributed by atoms with van der Waals surface area (Å²) in [5.41, 5.74) is 0. The Labute approximate surface area is 79.4 Å². The first-order chi connectivity index (χ1) is 6.47. The van der Waals surface area contributed by atoms with Gasteiger partial charge in [-0.3, -0.25) is 9.59 Å². The standard InChI is InChI=1S/C7H12FNO5/c8-4(3-10)2-9-5(7(13)14)1-6(11)12/h4-5,9-10H,1-3H2,(H,11,12)(H,13,14). The third-order valence-electron chi connectivity index (χ3n) is 1.46. The molecule has 82 valence electrons. The summed E-state index contributed by atoms with van der Waals surface area (Å²) in [5.74, 6) is -2.65. The van der Waals surface area contributed by atoms with Gasteiger partial charge >= 0.3 is 11.9 Å². The number of halogens is 1. The van der Waals surface area contributed by atoms with Crippen LogP contribution >= 0.6 is 0 Å². The molecule has 14 heavy (non-hydrogen) atoms. The number of carbonyl (C=O) groups is 2. The van der Waals surface area contributed by atoms with Crippen molar-refractivity contribution in [1.82, 2.24) is 5.32 Å². The Hall–Kier alpha value is -1.21. The van der Waals surface area contributed by atoms with E-state index in [0.29, 0.717) is 0 Å². The number of carboxylic acid groups (broad SMARTS) is 2. The van der Waals surface area contributed by atoms with E-state index in [1.165, 1.54) is 0 Å². The Bertz CT molecular complexity index is 210. The molecule has 0 aliphatic heterocycles. The second-order valence-corrected chi connectivity index (χ2v) is 2.68. The van der Waals surface area contributed by atoms with E-state index in [9.17, 15) is 14.0 Å². The zero-order valence-electron chi connectivity index (χ0n) is 7.31. The highest BCUT2D eigenvalue weighted by atomic mass is 19.1. The lowest BCUT2D eigenvalue weighted by atomic mass is 10.2. The van der Waals surface area contributed by atoms with Crippen LogP contribution in [-0.2, 0) is 9.59 Å². The average molecular weight is 209 g/mol. The molecule has 4 N–H and O–H groups in total. The Morgan fingerprint density at radius 1 is 1.36 bits per heavy atom. The van der Waals surface area contributed by atoms with Crippen LogP contribution in [0.15, 0.2) is 0 Å². The SMILES string of the molecule is O=C(O)CC(NCC(F)CO)C(=O)O. The van der Waals surface area contributed by atoms with Crippen LogP contribution in [0.2, 0.25) is 0 Å². The summed E-state index contributed by atoms with van der Waals surface area (Å²) >= 11 is 0. The molecular formula is C7H12FNO5. The highest BCUT2D eigenvalue weighted by Gasteiger charge is 2.21. The third-order valence-corrected chi connectivity index (χ3v) is 1.46. The Morgan fingerprint density at radius 2 is 1.93 bits per heavy atom. The van der Waals surface area contributed by atoms with Crippen LogP contribution in [0.25, 0.3) is 0 Å². The van der Waals surface area contributed by atoms with Gasteiger partial charge in [-0.05, 0) is 0 Å². The Balaban J connectivity index is 3.97. The van der Waals surface area contributed by atoms with E-state index >= 15 is 0 Å². The molecule has 2 atom stereocenters. The molecule has 6 nitrogen and oxygen atoms in total. The summed E-state index contributed by atoms with van der Waals surface area (Å²) in [6.45, 7) is -1.12. The van der Waals surface area contributed by atoms with Crippen LogP contribution in [0.1, 0.15) is 6.42 Å². The first-order valence-electron chi connectivity index (χ1n) is 3.90. The number of aliphatic hydroxyl groups is 1. The number of carboxylic acids is 2. The largest absolute Gasteiger partial charge is 0.481 e. The molecule has 0 aromatic carbocycles. The lowest BCUT2D eigenvalue weighted by Gasteiger charge is -2.13. The van der Waals surface area contributed by atoms with Gasteiger partial charge in [0.05, 0.1) is 13.0 Å². The minimum Gasteiger partial charge on any atom is -0.481 e. The molecule has 0 spiro atoms. The number of hydrogen-bond donors (Lipinski definition) is 4. The number of aliphatic hydroxyl groups excluding tert-OH is 1. The molecule has 0 amide bonds. The summed E-state index contributed by atoms with van der Waals surface area (Å²) in [6.07, 6.45) is -2.22. The van der Waals surface area contributed by atoms with Crippen LogP contribution < -0.4 is 5.32 Å². The van der Waals surface area contributed by atoms with E-state index < -0.39 is 37.2 Å². The maximum atomic E-state index is 12.4. The molecule has 2 unspecified atom stereocenters. The lowest BCUT2D eigenvalue weighted by molar-refractivity contribution is -0.146. The summed E-state index contributed by atoms with van der Waals surface area (Å²) in [5, 5.41) is 27.3. The number of aliphatic carboxylic acids is 2. The predicted molar refractivity (Wildman–Crippen MR) is 43.7 cm³/mol. The summed E-state index contributed by atoms with van der Waals surface area (Å²) < 4.78 is 12.4. The summed E-state index contributed by atoms with van der Waals surface area (Å²) in [6, 6.07) is -1.34. The molecule has 7 heteroatoms. The van der Waals surface area contributed by atoms with Crippen LogP contribution in [0.4, 0.5) is 4.39 Å². The first kappa shape index (κ1) is 12.8. The molecule has 0 aromatic heterocycles. The predicted octanol–water partition coefficient (Wildman–Crippen LogP) is -1.17. The van der Waals surface area contributed by atoms with Gasteiger partial charge < -0.3 is 20.6 Å². The maximum Gasteiger partial charge on any atom is 0.321 e. The number of alkyl halides is 1. The first-order valence-corrected chi connectivity index (χ1v) is 3.90. The fraction of sp³-hybridized carbons (Fsp3) is 0.714. The van der Waals surface area contributed by atoms with Gasteiger partial charge in [-0.2, -0.15) is 0 Å². The Morgan fingerprint density at radius 3 is 2.29 bits per heavy atom. The van der Waals surface area contributed by atoms with Gasteiger partial charge in [0, 0.05) is 6.54 Å². The fourth-order valence-electron chi connectivity index (χ4n) is 0.756. The van der Waals surface area contributed by atoms with Crippen LogP contribution in [0, 0.1) is 0 Å². The van der Waals surface area contributed by atoms with E-state index in [0.717, 1.165) is 0 Å². The molecule has 0 rings (SSSR count). The summed E-state index contributed by atoms with van der Waals surface area (Å²) in [7, 11) is 0. The van der Waals surface area contributed by atoms with Crippen molar-refractivity contribution in [2.75, 3.05) is 13.2 Å². The van der Waals surface area contributed by atoms with Crippen LogP contribution in [-0.4, -0.2) is 52.6 Å². The highest BCUT2D eigenvalue weighted by Crippen LogP contribution is 1.94. The van der Waals surface area contributed by atoms with Crippen molar-refractivity contribution in [1.29, 1.82) is 0 Å². The second kappa shape index (κ2) is 6.28. The zero-order chi connectivity index (χ0) is 11.1. The molecule has 0 bridgehead atoms. The van der Waals surface area contributed by atoms with E-state index in [1.807, 2.05) is 0 Å². The number of rotatable bonds is 7. The van der Waals surface area contributed by atoms with Gasteiger partial charge in [-0.1, -0.05) is 0 Å².